The summed E-state index contributed by atoms with van der Waals surface area (Å²) < 4.78 is 5.18. The number of carboxylic acid groups (broad SMARTS) is 1. The summed E-state index contributed by atoms with van der Waals surface area (Å²) in [5.74, 6) is -0.924. The molecule has 0 bridgehead atoms. The van der Waals surface area contributed by atoms with Gasteiger partial charge < -0.3 is 9.84 Å². The fourth-order valence-corrected chi connectivity index (χ4v) is 1.49. The van der Waals surface area contributed by atoms with Gasteiger partial charge in [0.2, 0.25) is 0 Å². The first-order valence-electron chi connectivity index (χ1n) is 4.97. The fourth-order valence-electron chi connectivity index (χ4n) is 1.28. The maximum atomic E-state index is 10.8. The fraction of sp³-hybridized carbons (Fsp3) is 0.182. The summed E-state index contributed by atoms with van der Waals surface area (Å²) in [6.07, 6.45) is 1.94. The van der Waals surface area contributed by atoms with Gasteiger partial charge in [0.15, 0.2) is 0 Å². The summed E-state index contributed by atoms with van der Waals surface area (Å²) >= 11 is 5.82. The molecule has 0 aliphatic heterocycles. The minimum absolute atomic E-state index is 0.107. The van der Waals surface area contributed by atoms with Crippen LogP contribution in [-0.4, -0.2) is 22.6 Å². The van der Waals surface area contributed by atoms with Gasteiger partial charge in [-0.15, -0.1) is 0 Å². The second-order valence-corrected chi connectivity index (χ2v) is 3.61. The van der Waals surface area contributed by atoms with Crippen molar-refractivity contribution in [2.24, 2.45) is 0 Å². The number of aliphatic carboxylic acids is 1. The van der Waals surface area contributed by atoms with Gasteiger partial charge in [-0.1, -0.05) is 11.6 Å². The van der Waals surface area contributed by atoms with Gasteiger partial charge in [0, 0.05) is 12.1 Å². The van der Waals surface area contributed by atoms with Gasteiger partial charge in [-0.2, -0.15) is 0 Å². The number of hydrogen-bond acceptors (Lipinski definition) is 4. The highest BCUT2D eigenvalue weighted by Gasteiger charge is 2.16. The Hall–Kier alpha value is -2.08. The highest BCUT2D eigenvalue weighted by Crippen LogP contribution is 2.33. The van der Waals surface area contributed by atoms with Gasteiger partial charge in [0.05, 0.1) is 22.1 Å². The van der Waals surface area contributed by atoms with Gasteiger partial charge in [0.25, 0.3) is 5.69 Å². The average molecular weight is 272 g/mol. The van der Waals surface area contributed by atoms with Crippen molar-refractivity contribution in [3.63, 3.8) is 0 Å². The Morgan fingerprint density at radius 2 is 2.28 bits per heavy atom. The molecule has 0 aliphatic carbocycles. The summed E-state index contributed by atoms with van der Waals surface area (Å²) in [6, 6.07) is 2.47. The third-order valence-corrected chi connectivity index (χ3v) is 2.28. The lowest BCUT2D eigenvalue weighted by Gasteiger charge is -2.07. The van der Waals surface area contributed by atoms with Crippen molar-refractivity contribution in [2.45, 2.75) is 6.92 Å². The Morgan fingerprint density at radius 3 is 2.78 bits per heavy atom. The lowest BCUT2D eigenvalue weighted by Crippen LogP contribution is -1.97. The van der Waals surface area contributed by atoms with E-state index in [1.165, 1.54) is 6.07 Å². The quantitative estimate of drug-likeness (QED) is 0.505. The maximum Gasteiger partial charge on any atom is 0.328 e. The van der Waals surface area contributed by atoms with Crippen molar-refractivity contribution >= 4 is 29.3 Å². The van der Waals surface area contributed by atoms with E-state index in [4.69, 9.17) is 21.4 Å². The van der Waals surface area contributed by atoms with Crippen LogP contribution in [0.5, 0.6) is 5.75 Å². The first-order valence-corrected chi connectivity index (χ1v) is 5.35. The first-order chi connectivity index (χ1) is 8.45. The molecule has 0 atom stereocenters. The molecule has 1 aromatic carbocycles. The third kappa shape index (κ3) is 3.46. The average Bonchev–Trinajstić information content (AvgIpc) is 2.29. The van der Waals surface area contributed by atoms with Crippen LogP contribution in [-0.2, 0) is 4.79 Å². The number of hydrogen-bond donors (Lipinski definition) is 1. The second kappa shape index (κ2) is 6.02. The van der Waals surface area contributed by atoms with E-state index in [9.17, 15) is 14.9 Å². The molecule has 0 radical (unpaired) electrons. The molecular weight excluding hydrogens is 262 g/mol. The molecule has 0 saturated carbocycles. The van der Waals surface area contributed by atoms with E-state index in [2.05, 4.69) is 0 Å². The smallest absolute Gasteiger partial charge is 0.328 e. The molecule has 1 aromatic rings. The van der Waals surface area contributed by atoms with E-state index in [-0.39, 0.29) is 22.0 Å². The molecular formula is C11H10ClNO5. The van der Waals surface area contributed by atoms with Crippen LogP contribution in [0.4, 0.5) is 5.69 Å². The zero-order valence-corrected chi connectivity index (χ0v) is 10.2. The normalized spacial score (nSPS) is 10.6. The summed E-state index contributed by atoms with van der Waals surface area (Å²) in [7, 11) is 0. The molecule has 0 heterocycles. The number of ether oxygens (including phenoxy) is 1. The Morgan fingerprint density at radius 1 is 1.61 bits per heavy atom. The van der Waals surface area contributed by atoms with E-state index in [0.29, 0.717) is 6.61 Å². The number of rotatable bonds is 5. The molecule has 1 rings (SSSR count). The lowest BCUT2D eigenvalue weighted by atomic mass is 10.1. The van der Waals surface area contributed by atoms with Gasteiger partial charge in [0.1, 0.15) is 5.75 Å². The summed E-state index contributed by atoms with van der Waals surface area (Å²) in [4.78, 5) is 20.6. The predicted molar refractivity (Wildman–Crippen MR) is 65.9 cm³/mol. The molecule has 96 valence electrons. The van der Waals surface area contributed by atoms with Crippen molar-refractivity contribution in [3.05, 3.63) is 38.9 Å². The van der Waals surface area contributed by atoms with E-state index in [1.54, 1.807) is 6.92 Å². The highest BCUT2D eigenvalue weighted by atomic mass is 35.5. The topological polar surface area (TPSA) is 89.7 Å². The van der Waals surface area contributed by atoms with Crippen LogP contribution >= 0.6 is 11.6 Å². The summed E-state index contributed by atoms with van der Waals surface area (Å²) in [5, 5.41) is 19.4. The largest absolute Gasteiger partial charge is 0.492 e. The van der Waals surface area contributed by atoms with Crippen LogP contribution in [0.3, 0.4) is 0 Å². The van der Waals surface area contributed by atoms with Crippen molar-refractivity contribution in [3.8, 4) is 5.75 Å². The third-order valence-electron chi connectivity index (χ3n) is 1.98. The molecule has 6 nitrogen and oxygen atoms in total. The monoisotopic (exact) mass is 271 g/mol. The molecule has 0 fully saturated rings. The highest BCUT2D eigenvalue weighted by molar-refractivity contribution is 6.32. The second-order valence-electron chi connectivity index (χ2n) is 3.20. The van der Waals surface area contributed by atoms with Crippen molar-refractivity contribution in [1.29, 1.82) is 0 Å². The number of benzene rings is 1. The Balaban J connectivity index is 3.30. The van der Waals surface area contributed by atoms with Gasteiger partial charge in [-0.05, 0) is 19.1 Å². The molecule has 0 aromatic heterocycles. The zero-order chi connectivity index (χ0) is 13.7. The minimum atomic E-state index is -1.20. The molecule has 0 saturated heterocycles. The van der Waals surface area contributed by atoms with E-state index in [1.807, 2.05) is 0 Å². The number of carboxylic acids is 1. The predicted octanol–water partition coefficient (Wildman–Crippen LogP) is 2.74. The summed E-state index contributed by atoms with van der Waals surface area (Å²) in [6.45, 7) is 2.09. The number of nitro benzene ring substituents is 1. The van der Waals surface area contributed by atoms with Crippen LogP contribution in [0.2, 0.25) is 5.02 Å². The Bertz CT molecular complexity index is 512. The van der Waals surface area contributed by atoms with E-state index >= 15 is 0 Å². The SMILES string of the molecule is CCOc1cc(C=CC(=O)O)c([N+](=O)[O-])cc1Cl. The molecule has 0 aliphatic rings. The molecule has 0 spiro atoms. The van der Waals surface area contributed by atoms with Gasteiger partial charge in [-0.25, -0.2) is 4.79 Å². The number of nitro groups is 1. The standard InChI is InChI=1S/C11H10ClNO5/c1-2-18-10-5-7(3-4-11(14)15)9(13(16)17)6-8(10)12/h3-6H,2H2,1H3,(H,14,15). The molecule has 18 heavy (non-hydrogen) atoms. The van der Waals surface area contributed by atoms with Crippen LogP contribution in [0.1, 0.15) is 12.5 Å². The first kappa shape index (κ1) is 14.0. The van der Waals surface area contributed by atoms with Crippen molar-refractivity contribution in [1.82, 2.24) is 0 Å². The van der Waals surface area contributed by atoms with Gasteiger partial charge >= 0.3 is 5.97 Å². The van der Waals surface area contributed by atoms with Crippen LogP contribution in [0, 0.1) is 10.1 Å². The lowest BCUT2D eigenvalue weighted by molar-refractivity contribution is -0.385. The maximum absolute atomic E-state index is 10.8. The molecule has 0 amide bonds. The van der Waals surface area contributed by atoms with Crippen LogP contribution < -0.4 is 4.74 Å². The van der Waals surface area contributed by atoms with E-state index < -0.39 is 10.9 Å². The number of nitrogens with zero attached hydrogens (tertiary/aromatic N) is 1. The zero-order valence-electron chi connectivity index (χ0n) is 9.42. The Kier molecular flexibility index (Phi) is 4.67. The molecule has 7 heteroatoms. The molecule has 0 unspecified atom stereocenters. The van der Waals surface area contributed by atoms with Crippen molar-refractivity contribution < 1.29 is 19.6 Å². The van der Waals surface area contributed by atoms with Crippen molar-refractivity contribution in [2.75, 3.05) is 6.61 Å². The van der Waals surface area contributed by atoms with E-state index in [0.717, 1.165) is 18.2 Å². The van der Waals surface area contributed by atoms with Crippen LogP contribution in [0.15, 0.2) is 18.2 Å². The number of carbonyl (C=O) groups is 1. The number of halogens is 1. The van der Waals surface area contributed by atoms with Crippen LogP contribution in [0.25, 0.3) is 6.08 Å². The Labute approximate surface area is 108 Å². The summed E-state index contributed by atoms with van der Waals surface area (Å²) in [5.41, 5.74) is -0.156. The van der Waals surface area contributed by atoms with Gasteiger partial charge in [-0.3, -0.25) is 10.1 Å². The molecule has 1 N–H and O–H groups in total. The minimum Gasteiger partial charge on any atom is -0.492 e.